The maximum Gasteiger partial charge on any atom is 0.306 e. The number of aliphatic carboxylic acids is 2. The number of carbonyl (C=O) groups is 2. The van der Waals surface area contributed by atoms with Gasteiger partial charge in [-0.25, -0.2) is 0 Å². The summed E-state index contributed by atoms with van der Waals surface area (Å²) in [4.78, 5) is 22.2. The van der Waals surface area contributed by atoms with Gasteiger partial charge in [-0.1, -0.05) is 59.3 Å². The highest BCUT2D eigenvalue weighted by atomic mass is 16.4. The highest BCUT2D eigenvalue weighted by Crippen LogP contribution is 2.27. The zero-order valence-electron chi connectivity index (χ0n) is 13.8. The SMILES string of the molecule is CCCCCC(CCC)CC(CCC(C)C(=O)O)C(=O)O. The van der Waals surface area contributed by atoms with Crippen LogP contribution in [0, 0.1) is 17.8 Å². The molecular weight excluding hydrogens is 268 g/mol. The smallest absolute Gasteiger partial charge is 0.306 e. The second-order valence-electron chi connectivity index (χ2n) is 6.24. The molecule has 0 bridgehead atoms. The Kier molecular flexibility index (Phi) is 11.0. The van der Waals surface area contributed by atoms with Gasteiger partial charge in [-0.05, 0) is 25.2 Å². The van der Waals surface area contributed by atoms with Gasteiger partial charge in [0.2, 0.25) is 0 Å². The van der Waals surface area contributed by atoms with Gasteiger partial charge in [0.1, 0.15) is 0 Å². The quantitative estimate of drug-likeness (QED) is 0.488. The van der Waals surface area contributed by atoms with Crippen LogP contribution in [-0.4, -0.2) is 22.2 Å². The zero-order valence-corrected chi connectivity index (χ0v) is 13.8. The topological polar surface area (TPSA) is 74.6 Å². The Morgan fingerprint density at radius 2 is 1.52 bits per heavy atom. The number of hydrogen-bond acceptors (Lipinski definition) is 2. The summed E-state index contributed by atoms with van der Waals surface area (Å²) in [6, 6.07) is 0. The lowest BCUT2D eigenvalue weighted by Gasteiger charge is -2.21. The van der Waals surface area contributed by atoms with Crippen molar-refractivity contribution in [1.82, 2.24) is 0 Å². The molecule has 0 heterocycles. The highest BCUT2D eigenvalue weighted by molar-refractivity contribution is 5.71. The third kappa shape index (κ3) is 9.48. The minimum atomic E-state index is -0.841. The van der Waals surface area contributed by atoms with Gasteiger partial charge in [-0.2, -0.15) is 0 Å². The van der Waals surface area contributed by atoms with Crippen LogP contribution in [0.25, 0.3) is 0 Å². The molecule has 4 heteroatoms. The summed E-state index contributed by atoms with van der Waals surface area (Å²) in [5.74, 6) is -2.01. The molecule has 0 saturated heterocycles. The van der Waals surface area contributed by atoms with Crippen LogP contribution in [0.1, 0.15) is 78.6 Å². The van der Waals surface area contributed by atoms with Crippen molar-refractivity contribution in [3.8, 4) is 0 Å². The molecule has 2 N–H and O–H groups in total. The molecule has 0 aliphatic rings. The molecule has 0 aromatic heterocycles. The average molecular weight is 300 g/mol. The van der Waals surface area contributed by atoms with Crippen LogP contribution in [0.4, 0.5) is 0 Å². The molecule has 0 aromatic rings. The summed E-state index contributed by atoms with van der Waals surface area (Å²) < 4.78 is 0. The van der Waals surface area contributed by atoms with Crippen LogP contribution < -0.4 is 0 Å². The van der Waals surface area contributed by atoms with E-state index >= 15 is 0 Å². The summed E-state index contributed by atoms with van der Waals surface area (Å²) in [6.07, 6.45) is 8.40. The molecule has 3 atom stereocenters. The summed E-state index contributed by atoms with van der Waals surface area (Å²) in [7, 11) is 0. The van der Waals surface area contributed by atoms with E-state index in [9.17, 15) is 14.7 Å². The molecule has 0 aliphatic heterocycles. The molecule has 0 saturated carbocycles. The van der Waals surface area contributed by atoms with E-state index < -0.39 is 23.8 Å². The lowest BCUT2D eigenvalue weighted by molar-refractivity contribution is -0.145. The number of carboxylic acids is 2. The molecule has 4 nitrogen and oxygen atoms in total. The van der Waals surface area contributed by atoms with Crippen LogP contribution >= 0.6 is 0 Å². The van der Waals surface area contributed by atoms with Crippen LogP contribution in [0.3, 0.4) is 0 Å². The Balaban J connectivity index is 4.40. The number of unbranched alkanes of at least 4 members (excludes halogenated alkanes) is 2. The third-order valence-electron chi connectivity index (χ3n) is 4.25. The molecule has 3 unspecified atom stereocenters. The van der Waals surface area contributed by atoms with Crippen molar-refractivity contribution < 1.29 is 19.8 Å². The first-order valence-corrected chi connectivity index (χ1v) is 8.37. The van der Waals surface area contributed by atoms with Crippen molar-refractivity contribution in [3.63, 3.8) is 0 Å². The van der Waals surface area contributed by atoms with E-state index in [1.165, 1.54) is 19.3 Å². The fourth-order valence-electron chi connectivity index (χ4n) is 2.79. The molecule has 21 heavy (non-hydrogen) atoms. The zero-order chi connectivity index (χ0) is 16.3. The van der Waals surface area contributed by atoms with Gasteiger partial charge in [0.15, 0.2) is 0 Å². The van der Waals surface area contributed by atoms with Gasteiger partial charge in [0.25, 0.3) is 0 Å². The first-order valence-electron chi connectivity index (χ1n) is 8.37. The fraction of sp³-hybridized carbons (Fsp3) is 0.882. The van der Waals surface area contributed by atoms with E-state index in [0.717, 1.165) is 19.3 Å². The van der Waals surface area contributed by atoms with Gasteiger partial charge >= 0.3 is 11.9 Å². The van der Waals surface area contributed by atoms with Gasteiger partial charge < -0.3 is 10.2 Å². The predicted octanol–water partition coefficient (Wildman–Crippen LogP) is 4.57. The van der Waals surface area contributed by atoms with Crippen molar-refractivity contribution >= 4 is 11.9 Å². The Hall–Kier alpha value is -1.06. The lowest BCUT2D eigenvalue weighted by Crippen LogP contribution is -2.20. The van der Waals surface area contributed by atoms with Crippen LogP contribution in [-0.2, 0) is 9.59 Å². The molecule has 124 valence electrons. The molecule has 0 fully saturated rings. The Bertz CT molecular complexity index is 301. The minimum absolute atomic E-state index is 0.398. The highest BCUT2D eigenvalue weighted by Gasteiger charge is 2.24. The predicted molar refractivity (Wildman–Crippen MR) is 84.3 cm³/mol. The Labute approximate surface area is 128 Å². The molecule has 0 amide bonds. The Morgan fingerprint density at radius 3 is 2.00 bits per heavy atom. The summed E-state index contributed by atoms with van der Waals surface area (Å²) >= 11 is 0. The Morgan fingerprint density at radius 1 is 0.857 bits per heavy atom. The summed E-state index contributed by atoms with van der Waals surface area (Å²) in [5, 5.41) is 18.3. The summed E-state index contributed by atoms with van der Waals surface area (Å²) in [6.45, 7) is 5.95. The van der Waals surface area contributed by atoms with Gasteiger partial charge in [-0.3, -0.25) is 9.59 Å². The number of carboxylic acid groups (broad SMARTS) is 2. The monoisotopic (exact) mass is 300 g/mol. The van der Waals surface area contributed by atoms with E-state index in [1.54, 1.807) is 6.92 Å². The van der Waals surface area contributed by atoms with E-state index in [-0.39, 0.29) is 0 Å². The minimum Gasteiger partial charge on any atom is -0.481 e. The van der Waals surface area contributed by atoms with Crippen molar-refractivity contribution in [3.05, 3.63) is 0 Å². The van der Waals surface area contributed by atoms with Crippen molar-refractivity contribution in [2.75, 3.05) is 0 Å². The van der Waals surface area contributed by atoms with E-state index in [2.05, 4.69) is 13.8 Å². The largest absolute Gasteiger partial charge is 0.481 e. The van der Waals surface area contributed by atoms with Gasteiger partial charge in [0.05, 0.1) is 11.8 Å². The van der Waals surface area contributed by atoms with E-state index in [0.29, 0.717) is 25.2 Å². The molecule has 0 radical (unpaired) electrons. The standard InChI is InChI=1S/C17H32O4/c1-4-6-7-9-14(8-5-2)12-15(17(20)21)11-10-13(3)16(18)19/h13-15H,4-12H2,1-3H3,(H,18,19)(H,20,21). The van der Waals surface area contributed by atoms with Crippen molar-refractivity contribution in [2.45, 2.75) is 78.6 Å². The van der Waals surface area contributed by atoms with E-state index in [4.69, 9.17) is 5.11 Å². The molecule has 0 rings (SSSR count). The van der Waals surface area contributed by atoms with Crippen molar-refractivity contribution in [1.29, 1.82) is 0 Å². The lowest BCUT2D eigenvalue weighted by atomic mass is 9.84. The number of hydrogen-bond donors (Lipinski definition) is 2. The van der Waals surface area contributed by atoms with Crippen LogP contribution in [0.2, 0.25) is 0 Å². The maximum absolute atomic E-state index is 11.4. The molecule has 0 aromatic carbocycles. The molecular formula is C17H32O4. The molecule has 0 spiro atoms. The molecule has 0 aliphatic carbocycles. The van der Waals surface area contributed by atoms with Crippen molar-refractivity contribution in [2.24, 2.45) is 17.8 Å². The first-order chi connectivity index (χ1) is 9.92. The first kappa shape index (κ1) is 19.9. The van der Waals surface area contributed by atoms with Crippen LogP contribution in [0.5, 0.6) is 0 Å². The van der Waals surface area contributed by atoms with E-state index in [1.807, 2.05) is 0 Å². The maximum atomic E-state index is 11.4. The second kappa shape index (κ2) is 11.6. The number of rotatable bonds is 13. The van der Waals surface area contributed by atoms with Crippen LogP contribution in [0.15, 0.2) is 0 Å². The fourth-order valence-corrected chi connectivity index (χ4v) is 2.79. The van der Waals surface area contributed by atoms with Gasteiger partial charge in [0, 0.05) is 0 Å². The van der Waals surface area contributed by atoms with Gasteiger partial charge in [-0.15, -0.1) is 0 Å². The second-order valence-corrected chi connectivity index (χ2v) is 6.24. The average Bonchev–Trinajstić information content (AvgIpc) is 2.42. The summed E-state index contributed by atoms with van der Waals surface area (Å²) in [5.41, 5.74) is 0. The third-order valence-corrected chi connectivity index (χ3v) is 4.25. The normalized spacial score (nSPS) is 15.4.